The van der Waals surface area contributed by atoms with Gasteiger partial charge in [-0.2, -0.15) is 0 Å². The molecular weight excluding hydrogens is 287 g/mol. The van der Waals surface area contributed by atoms with Crippen LogP contribution in [0.4, 0.5) is 17.1 Å². The molecule has 0 fully saturated rings. The number of carbonyl (C=O) groups is 1. The van der Waals surface area contributed by atoms with E-state index < -0.39 is 5.97 Å². The predicted octanol–water partition coefficient (Wildman–Crippen LogP) is 4.02. The number of carboxylic acid groups (broad SMARTS) is 1. The average molecular weight is 297 g/mol. The molecule has 0 aliphatic rings. The van der Waals surface area contributed by atoms with Gasteiger partial charge in [-0.3, -0.25) is 0 Å². The molecule has 6 heteroatoms. The van der Waals surface area contributed by atoms with Gasteiger partial charge in [-0.05, 0) is 36.4 Å². The Hall–Kier alpha value is -1.91. The van der Waals surface area contributed by atoms with E-state index in [1.807, 2.05) is 0 Å². The molecule has 4 nitrogen and oxygen atoms in total. The molecule has 4 N–H and O–H groups in total. The van der Waals surface area contributed by atoms with E-state index in [0.29, 0.717) is 21.4 Å². The number of benzene rings is 2. The van der Waals surface area contributed by atoms with Crippen molar-refractivity contribution >= 4 is 46.2 Å². The molecule has 19 heavy (non-hydrogen) atoms. The number of aromatic carboxylic acids is 1. The molecule has 0 amide bonds. The lowest BCUT2D eigenvalue weighted by molar-refractivity contribution is 0.0698. The fraction of sp³-hybridized carbons (Fsp3) is 0. The first-order chi connectivity index (χ1) is 8.97. The Bertz CT molecular complexity index is 645. The lowest BCUT2D eigenvalue weighted by Gasteiger charge is -2.10. The van der Waals surface area contributed by atoms with E-state index >= 15 is 0 Å². The molecule has 0 unspecified atom stereocenters. The molecule has 0 saturated carbocycles. The number of nitrogen functional groups attached to an aromatic ring is 1. The van der Waals surface area contributed by atoms with Gasteiger partial charge in [0, 0.05) is 16.4 Å². The predicted molar refractivity (Wildman–Crippen MR) is 77.6 cm³/mol. The first kappa shape index (κ1) is 13.5. The summed E-state index contributed by atoms with van der Waals surface area (Å²) in [7, 11) is 0. The van der Waals surface area contributed by atoms with Gasteiger partial charge in [-0.25, -0.2) is 4.79 Å². The Morgan fingerprint density at radius 2 is 1.89 bits per heavy atom. The standard InChI is InChI=1S/C13H10Cl2N2O2/c14-7-1-4-10(15)12(5-7)17-8-2-3-9(13(18)19)11(16)6-8/h1-6,17H,16H2,(H,18,19). The van der Waals surface area contributed by atoms with E-state index in [2.05, 4.69) is 5.32 Å². The molecule has 0 aliphatic carbocycles. The maximum atomic E-state index is 10.9. The lowest BCUT2D eigenvalue weighted by Crippen LogP contribution is -2.03. The van der Waals surface area contributed by atoms with Crippen LogP contribution in [0.5, 0.6) is 0 Å². The number of hydrogen-bond donors (Lipinski definition) is 3. The highest BCUT2D eigenvalue weighted by Gasteiger charge is 2.09. The maximum absolute atomic E-state index is 10.9. The van der Waals surface area contributed by atoms with Crippen LogP contribution in [0.2, 0.25) is 10.0 Å². The van der Waals surface area contributed by atoms with Crippen LogP contribution in [0, 0.1) is 0 Å². The molecule has 0 bridgehead atoms. The number of halogens is 2. The zero-order valence-electron chi connectivity index (χ0n) is 9.65. The molecule has 2 aromatic rings. The van der Waals surface area contributed by atoms with Crippen LogP contribution >= 0.6 is 23.2 Å². The van der Waals surface area contributed by atoms with E-state index in [1.165, 1.54) is 12.1 Å². The Morgan fingerprint density at radius 1 is 1.16 bits per heavy atom. The number of carboxylic acids is 1. The Balaban J connectivity index is 2.31. The van der Waals surface area contributed by atoms with Crippen LogP contribution in [-0.2, 0) is 0 Å². The number of anilines is 3. The van der Waals surface area contributed by atoms with Gasteiger partial charge in [0.25, 0.3) is 0 Å². The van der Waals surface area contributed by atoms with Crippen molar-refractivity contribution in [3.8, 4) is 0 Å². The summed E-state index contributed by atoms with van der Waals surface area (Å²) in [6, 6.07) is 9.58. The first-order valence-corrected chi connectivity index (χ1v) is 6.08. The molecule has 0 atom stereocenters. The van der Waals surface area contributed by atoms with E-state index in [1.54, 1.807) is 24.3 Å². The van der Waals surface area contributed by atoms with Gasteiger partial charge in [0.15, 0.2) is 0 Å². The van der Waals surface area contributed by atoms with Crippen LogP contribution < -0.4 is 11.1 Å². The molecule has 0 aromatic heterocycles. The highest BCUT2D eigenvalue weighted by Crippen LogP contribution is 2.29. The van der Waals surface area contributed by atoms with Crippen molar-refractivity contribution in [1.82, 2.24) is 0 Å². The minimum atomic E-state index is -1.06. The third-order valence-electron chi connectivity index (χ3n) is 2.49. The van der Waals surface area contributed by atoms with Gasteiger partial charge in [-0.15, -0.1) is 0 Å². The van der Waals surface area contributed by atoms with Gasteiger partial charge in [0.1, 0.15) is 0 Å². The summed E-state index contributed by atoms with van der Waals surface area (Å²) in [5.41, 5.74) is 7.15. The molecule has 2 aromatic carbocycles. The van der Waals surface area contributed by atoms with Crippen molar-refractivity contribution in [2.75, 3.05) is 11.1 Å². The zero-order chi connectivity index (χ0) is 14.0. The van der Waals surface area contributed by atoms with Crippen molar-refractivity contribution in [2.45, 2.75) is 0 Å². The highest BCUT2D eigenvalue weighted by atomic mass is 35.5. The van der Waals surface area contributed by atoms with Gasteiger partial charge < -0.3 is 16.2 Å². The number of nitrogens with one attached hydrogen (secondary N) is 1. The van der Waals surface area contributed by atoms with E-state index in [9.17, 15) is 4.79 Å². The first-order valence-electron chi connectivity index (χ1n) is 5.32. The van der Waals surface area contributed by atoms with Crippen molar-refractivity contribution in [3.05, 3.63) is 52.0 Å². The molecule has 0 aliphatic heterocycles. The summed E-state index contributed by atoms with van der Waals surface area (Å²) >= 11 is 11.9. The second-order valence-electron chi connectivity index (χ2n) is 3.86. The third-order valence-corrected chi connectivity index (χ3v) is 3.05. The van der Waals surface area contributed by atoms with Crippen LogP contribution in [0.1, 0.15) is 10.4 Å². The van der Waals surface area contributed by atoms with Crippen LogP contribution in [0.3, 0.4) is 0 Å². The topological polar surface area (TPSA) is 75.3 Å². The summed E-state index contributed by atoms with van der Waals surface area (Å²) < 4.78 is 0. The second kappa shape index (κ2) is 5.38. The fourth-order valence-corrected chi connectivity index (χ4v) is 1.92. The van der Waals surface area contributed by atoms with E-state index in [-0.39, 0.29) is 11.3 Å². The zero-order valence-corrected chi connectivity index (χ0v) is 11.2. The van der Waals surface area contributed by atoms with Crippen molar-refractivity contribution in [3.63, 3.8) is 0 Å². The van der Waals surface area contributed by atoms with Crippen LogP contribution in [-0.4, -0.2) is 11.1 Å². The van der Waals surface area contributed by atoms with Crippen molar-refractivity contribution in [2.24, 2.45) is 0 Å². The quantitative estimate of drug-likeness (QED) is 0.748. The van der Waals surface area contributed by atoms with E-state index in [0.717, 1.165) is 0 Å². The average Bonchev–Trinajstić information content (AvgIpc) is 2.33. The molecule has 0 saturated heterocycles. The molecular formula is C13H10Cl2N2O2. The molecule has 0 radical (unpaired) electrons. The van der Waals surface area contributed by atoms with Gasteiger partial charge >= 0.3 is 5.97 Å². The maximum Gasteiger partial charge on any atom is 0.337 e. The Kier molecular flexibility index (Phi) is 3.83. The fourth-order valence-electron chi connectivity index (χ4n) is 1.58. The molecule has 2 rings (SSSR count). The summed E-state index contributed by atoms with van der Waals surface area (Å²) in [6.45, 7) is 0. The summed E-state index contributed by atoms with van der Waals surface area (Å²) in [4.78, 5) is 10.9. The summed E-state index contributed by atoms with van der Waals surface area (Å²) in [5.74, 6) is -1.06. The normalized spacial score (nSPS) is 10.2. The monoisotopic (exact) mass is 296 g/mol. The minimum Gasteiger partial charge on any atom is -0.478 e. The van der Waals surface area contributed by atoms with Gasteiger partial charge in [0.2, 0.25) is 0 Å². The largest absolute Gasteiger partial charge is 0.478 e. The minimum absolute atomic E-state index is 0.0581. The van der Waals surface area contributed by atoms with Crippen LogP contribution in [0.25, 0.3) is 0 Å². The Labute approximate surface area is 119 Å². The van der Waals surface area contributed by atoms with Crippen molar-refractivity contribution < 1.29 is 9.90 Å². The smallest absolute Gasteiger partial charge is 0.337 e. The van der Waals surface area contributed by atoms with Crippen LogP contribution in [0.15, 0.2) is 36.4 Å². The number of rotatable bonds is 3. The molecule has 0 spiro atoms. The Morgan fingerprint density at radius 3 is 2.53 bits per heavy atom. The number of nitrogens with two attached hydrogens (primary N) is 1. The SMILES string of the molecule is Nc1cc(Nc2cc(Cl)ccc2Cl)ccc1C(=O)O. The van der Waals surface area contributed by atoms with Gasteiger partial charge in [0.05, 0.1) is 16.3 Å². The van der Waals surface area contributed by atoms with E-state index in [4.69, 9.17) is 34.0 Å². The third kappa shape index (κ3) is 3.10. The second-order valence-corrected chi connectivity index (χ2v) is 4.70. The lowest BCUT2D eigenvalue weighted by atomic mass is 10.1. The number of hydrogen-bond acceptors (Lipinski definition) is 3. The van der Waals surface area contributed by atoms with Gasteiger partial charge in [-0.1, -0.05) is 23.2 Å². The van der Waals surface area contributed by atoms with Crippen molar-refractivity contribution in [1.29, 1.82) is 0 Å². The summed E-state index contributed by atoms with van der Waals surface area (Å²) in [6.07, 6.45) is 0. The molecule has 98 valence electrons. The highest BCUT2D eigenvalue weighted by molar-refractivity contribution is 6.35. The molecule has 0 heterocycles. The summed E-state index contributed by atoms with van der Waals surface area (Å²) in [5, 5.41) is 13.0.